The molecule has 206 valence electrons. The van der Waals surface area contributed by atoms with Crippen molar-refractivity contribution in [3.05, 3.63) is 41.1 Å². The largest absolute Gasteiger partial charge is 0.493 e. The molecule has 1 aromatic carbocycles. The summed E-state index contributed by atoms with van der Waals surface area (Å²) < 4.78 is 16.9. The van der Waals surface area contributed by atoms with E-state index in [1.54, 1.807) is 19.1 Å². The summed E-state index contributed by atoms with van der Waals surface area (Å²) in [7, 11) is 0. The van der Waals surface area contributed by atoms with E-state index in [9.17, 15) is 25.2 Å². The average Bonchev–Trinajstić information content (AvgIpc) is 3.27. The summed E-state index contributed by atoms with van der Waals surface area (Å²) in [6, 6.07) is 7.02. The fraction of sp³-hybridized carbons (Fsp3) is 0.600. The second-order valence-electron chi connectivity index (χ2n) is 9.46. The van der Waals surface area contributed by atoms with E-state index in [-0.39, 0.29) is 43.4 Å². The summed E-state index contributed by atoms with van der Waals surface area (Å²) in [6.07, 6.45) is -6.42. The minimum atomic E-state index is -1.56. The number of aliphatic hydroxyl groups is 5. The minimum absolute atomic E-state index is 0.0805. The summed E-state index contributed by atoms with van der Waals surface area (Å²) in [5, 5.41) is 58.7. The van der Waals surface area contributed by atoms with Crippen LogP contribution in [0.25, 0.3) is 0 Å². The first-order valence-electron chi connectivity index (χ1n) is 12.3. The quantitative estimate of drug-likeness (QED) is 0.192. The zero-order valence-corrected chi connectivity index (χ0v) is 21.2. The van der Waals surface area contributed by atoms with Crippen LogP contribution in [0.4, 0.5) is 0 Å². The van der Waals surface area contributed by atoms with Crippen LogP contribution in [0.1, 0.15) is 49.9 Å². The molecular formula is C25H37N3O9. The van der Waals surface area contributed by atoms with Crippen LogP contribution in [0.2, 0.25) is 0 Å². The first-order chi connectivity index (χ1) is 17.6. The van der Waals surface area contributed by atoms with Gasteiger partial charge in [-0.2, -0.15) is 0 Å². The van der Waals surface area contributed by atoms with E-state index in [1.165, 1.54) is 0 Å². The molecule has 0 unspecified atom stereocenters. The highest BCUT2D eigenvalue weighted by Crippen LogP contribution is 2.31. The third-order valence-electron chi connectivity index (χ3n) is 6.10. The van der Waals surface area contributed by atoms with Gasteiger partial charge in [0.25, 0.3) is 0 Å². The van der Waals surface area contributed by atoms with Crippen molar-refractivity contribution in [3.8, 4) is 11.6 Å². The lowest BCUT2D eigenvalue weighted by Gasteiger charge is -2.39. The number of aliphatic hydroxyl groups excluding tert-OH is 5. The molecule has 0 radical (unpaired) electrons. The highest BCUT2D eigenvalue weighted by molar-refractivity contribution is 5.76. The van der Waals surface area contributed by atoms with Crippen molar-refractivity contribution >= 4 is 5.91 Å². The Morgan fingerprint density at radius 3 is 2.43 bits per heavy atom. The van der Waals surface area contributed by atoms with Gasteiger partial charge in [0.05, 0.1) is 26.2 Å². The number of H-pyrrole nitrogens is 1. The Kier molecular flexibility index (Phi) is 10.3. The molecule has 0 bridgehead atoms. The zero-order chi connectivity index (χ0) is 27.1. The van der Waals surface area contributed by atoms with Crippen molar-refractivity contribution in [1.29, 1.82) is 0 Å². The number of aromatic nitrogens is 2. The first kappa shape index (κ1) is 28.8. The number of hydrogen-bond acceptors (Lipinski definition) is 10. The Morgan fingerprint density at radius 1 is 1.11 bits per heavy atom. The minimum Gasteiger partial charge on any atom is -0.493 e. The van der Waals surface area contributed by atoms with Crippen LogP contribution < -0.4 is 14.8 Å². The van der Waals surface area contributed by atoms with Gasteiger partial charge < -0.3 is 45.1 Å². The standard InChI is InChI=1S/C25H37N3O9/c1-13(2)20-17(24(28-27-20)37-25-23(34)22(33)21(32)18(12-30)36-25)10-15-4-6-16(7-5-15)35-9-8-19(31)26-14(3)11-29/h4-7,13-14,18,21-23,25,29-30,32-34H,8-12H2,1-3H3,(H,26,31)(H,27,28)/t14-,18+,21+,22-,23+,25-/m0/s1. The number of nitrogens with zero attached hydrogens (tertiary/aromatic N) is 1. The molecule has 12 heteroatoms. The molecule has 2 heterocycles. The van der Waals surface area contributed by atoms with Gasteiger partial charge >= 0.3 is 0 Å². The average molecular weight is 524 g/mol. The van der Waals surface area contributed by atoms with Crippen LogP contribution in [0, 0.1) is 0 Å². The van der Waals surface area contributed by atoms with Gasteiger partial charge in [0, 0.05) is 23.7 Å². The number of ether oxygens (including phenoxy) is 3. The Morgan fingerprint density at radius 2 is 1.81 bits per heavy atom. The molecule has 0 saturated carbocycles. The molecule has 12 nitrogen and oxygen atoms in total. The van der Waals surface area contributed by atoms with Crippen molar-refractivity contribution in [2.24, 2.45) is 0 Å². The highest BCUT2D eigenvalue weighted by Gasteiger charge is 2.45. The van der Waals surface area contributed by atoms with Crippen LogP contribution in [-0.4, -0.2) is 98.2 Å². The smallest absolute Gasteiger partial charge is 0.238 e. The van der Waals surface area contributed by atoms with E-state index in [1.807, 2.05) is 26.0 Å². The maximum Gasteiger partial charge on any atom is 0.238 e. The lowest BCUT2D eigenvalue weighted by molar-refractivity contribution is -0.278. The van der Waals surface area contributed by atoms with E-state index >= 15 is 0 Å². The monoisotopic (exact) mass is 523 g/mol. The molecule has 37 heavy (non-hydrogen) atoms. The Bertz CT molecular complexity index is 996. The van der Waals surface area contributed by atoms with Gasteiger partial charge in [0.2, 0.25) is 18.1 Å². The van der Waals surface area contributed by atoms with E-state index in [2.05, 4.69) is 15.5 Å². The molecule has 0 spiro atoms. The zero-order valence-electron chi connectivity index (χ0n) is 21.2. The van der Waals surface area contributed by atoms with Gasteiger partial charge in [0.1, 0.15) is 30.2 Å². The Labute approximate surface area is 215 Å². The van der Waals surface area contributed by atoms with Crippen molar-refractivity contribution in [1.82, 2.24) is 15.5 Å². The number of hydrogen-bond donors (Lipinski definition) is 7. The normalized spacial score (nSPS) is 24.6. The number of carbonyl (C=O) groups excluding carboxylic acids is 1. The lowest BCUT2D eigenvalue weighted by Crippen LogP contribution is -2.60. The molecule has 1 amide bonds. The van der Waals surface area contributed by atoms with Crippen molar-refractivity contribution in [2.75, 3.05) is 19.8 Å². The van der Waals surface area contributed by atoms with Gasteiger partial charge in [-0.25, -0.2) is 0 Å². The summed E-state index contributed by atoms with van der Waals surface area (Å²) in [4.78, 5) is 11.8. The number of carbonyl (C=O) groups is 1. The van der Waals surface area contributed by atoms with Crippen LogP contribution >= 0.6 is 0 Å². The van der Waals surface area contributed by atoms with Crippen molar-refractivity contribution < 1.29 is 44.5 Å². The number of nitrogens with one attached hydrogen (secondary N) is 2. The fourth-order valence-electron chi connectivity index (χ4n) is 3.94. The molecule has 1 aliphatic heterocycles. The number of benzene rings is 1. The van der Waals surface area contributed by atoms with E-state index in [0.29, 0.717) is 12.2 Å². The molecular weight excluding hydrogens is 486 g/mol. The Balaban J connectivity index is 1.66. The summed E-state index contributed by atoms with van der Waals surface area (Å²) >= 11 is 0. The summed E-state index contributed by atoms with van der Waals surface area (Å²) in [5.74, 6) is 0.653. The number of amides is 1. The van der Waals surface area contributed by atoms with Crippen molar-refractivity contribution in [2.45, 2.75) is 76.3 Å². The number of rotatable bonds is 12. The lowest BCUT2D eigenvalue weighted by atomic mass is 9.98. The fourth-order valence-corrected chi connectivity index (χ4v) is 3.94. The van der Waals surface area contributed by atoms with Crippen LogP contribution in [0.5, 0.6) is 11.6 Å². The number of aromatic amines is 1. The van der Waals surface area contributed by atoms with E-state index < -0.39 is 37.3 Å². The topological polar surface area (TPSA) is 187 Å². The maximum atomic E-state index is 11.8. The molecule has 7 N–H and O–H groups in total. The molecule has 1 fully saturated rings. The van der Waals surface area contributed by atoms with Gasteiger partial charge in [-0.1, -0.05) is 26.0 Å². The van der Waals surface area contributed by atoms with Gasteiger partial charge in [-0.3, -0.25) is 9.89 Å². The van der Waals surface area contributed by atoms with Crippen LogP contribution in [0.3, 0.4) is 0 Å². The van der Waals surface area contributed by atoms with Gasteiger partial charge in [-0.05, 0) is 30.5 Å². The molecule has 0 aliphatic carbocycles. The highest BCUT2D eigenvalue weighted by atomic mass is 16.7. The third-order valence-corrected chi connectivity index (χ3v) is 6.10. The van der Waals surface area contributed by atoms with E-state index in [0.717, 1.165) is 16.8 Å². The molecule has 1 aromatic heterocycles. The van der Waals surface area contributed by atoms with Gasteiger partial charge in [0.15, 0.2) is 0 Å². The maximum absolute atomic E-state index is 11.8. The SMILES string of the molecule is CC(C)c1[nH]nc(O[C@@H]2O[C@H](CO)[C@@H](O)[C@H](O)[C@H]2O)c1Cc1ccc(OCCC(=O)N[C@@H](C)CO)cc1. The molecule has 1 saturated heterocycles. The first-order valence-corrected chi connectivity index (χ1v) is 12.3. The molecule has 1 aliphatic rings. The summed E-state index contributed by atoms with van der Waals surface area (Å²) in [5.41, 5.74) is 2.47. The van der Waals surface area contributed by atoms with Gasteiger partial charge in [-0.15, -0.1) is 5.10 Å². The predicted molar refractivity (Wildman–Crippen MR) is 131 cm³/mol. The van der Waals surface area contributed by atoms with Crippen molar-refractivity contribution in [3.63, 3.8) is 0 Å². The van der Waals surface area contributed by atoms with Crippen LogP contribution in [-0.2, 0) is 16.0 Å². The molecule has 6 atom stereocenters. The second-order valence-corrected chi connectivity index (χ2v) is 9.46. The Hall–Kier alpha value is -2.74. The molecule has 2 aromatic rings. The predicted octanol–water partition coefficient (Wildman–Crippen LogP) is -0.431. The third kappa shape index (κ3) is 7.40. The molecule has 3 rings (SSSR count). The van der Waals surface area contributed by atoms with Crippen LogP contribution in [0.15, 0.2) is 24.3 Å². The summed E-state index contributed by atoms with van der Waals surface area (Å²) in [6.45, 7) is 5.20. The second kappa shape index (κ2) is 13.2. The van der Waals surface area contributed by atoms with E-state index in [4.69, 9.17) is 19.3 Å².